The SMILES string of the molecule is CCc1nc2ccc(OC3CCN(C(C)=N)CC3)cc2n1Cc1ccc(-c2cccc(C(=N)N)c2)cc1. The van der Waals surface area contributed by atoms with Crippen molar-refractivity contribution >= 4 is 22.7 Å². The van der Waals surface area contributed by atoms with Gasteiger partial charge in [-0.1, -0.05) is 49.4 Å². The number of hydrogen-bond acceptors (Lipinski definition) is 4. The molecule has 1 fully saturated rings. The van der Waals surface area contributed by atoms with Crippen LogP contribution in [0.1, 0.15) is 43.6 Å². The van der Waals surface area contributed by atoms with Crippen LogP contribution in [0.4, 0.5) is 0 Å². The van der Waals surface area contributed by atoms with Crippen molar-refractivity contribution in [2.24, 2.45) is 5.73 Å². The van der Waals surface area contributed by atoms with Gasteiger partial charge in [-0.2, -0.15) is 0 Å². The van der Waals surface area contributed by atoms with Crippen molar-refractivity contribution in [3.63, 3.8) is 0 Å². The van der Waals surface area contributed by atoms with Gasteiger partial charge >= 0.3 is 0 Å². The van der Waals surface area contributed by atoms with Crippen molar-refractivity contribution in [3.8, 4) is 16.9 Å². The highest BCUT2D eigenvalue weighted by Gasteiger charge is 2.21. The number of rotatable bonds is 7. The van der Waals surface area contributed by atoms with E-state index >= 15 is 0 Å². The zero-order valence-corrected chi connectivity index (χ0v) is 21.5. The maximum Gasteiger partial charge on any atom is 0.122 e. The molecule has 0 aliphatic carbocycles. The second-order valence-electron chi connectivity index (χ2n) is 9.70. The van der Waals surface area contributed by atoms with Crippen LogP contribution in [0.2, 0.25) is 0 Å². The smallest absolute Gasteiger partial charge is 0.122 e. The summed E-state index contributed by atoms with van der Waals surface area (Å²) >= 11 is 0. The quantitative estimate of drug-likeness (QED) is 0.235. The van der Waals surface area contributed by atoms with E-state index in [-0.39, 0.29) is 11.9 Å². The van der Waals surface area contributed by atoms with Gasteiger partial charge in [-0.15, -0.1) is 0 Å². The average molecular weight is 495 g/mol. The largest absolute Gasteiger partial charge is 0.490 e. The van der Waals surface area contributed by atoms with E-state index in [1.54, 1.807) is 0 Å². The Hall–Kier alpha value is -4.13. The minimum atomic E-state index is 0.0767. The molecule has 4 N–H and O–H groups in total. The van der Waals surface area contributed by atoms with Crippen molar-refractivity contribution in [2.75, 3.05) is 13.1 Å². The molecule has 1 aliphatic heterocycles. The Balaban J connectivity index is 1.36. The monoisotopic (exact) mass is 494 g/mol. The van der Waals surface area contributed by atoms with Gasteiger partial charge in [0.05, 0.1) is 16.9 Å². The molecule has 0 amide bonds. The third-order valence-electron chi connectivity index (χ3n) is 7.14. The van der Waals surface area contributed by atoms with E-state index in [1.807, 2.05) is 37.3 Å². The van der Waals surface area contributed by atoms with Crippen molar-refractivity contribution in [2.45, 2.75) is 45.8 Å². The summed E-state index contributed by atoms with van der Waals surface area (Å²) in [5.41, 5.74) is 11.8. The lowest BCUT2D eigenvalue weighted by Gasteiger charge is -2.32. The standard InChI is InChI=1S/C30H34N6O/c1-3-29-34-27-12-11-26(37-25-13-15-35(16-14-25)20(2)31)18-28(27)36(29)19-21-7-9-22(10-8-21)23-5-4-6-24(17-23)30(32)33/h4-12,17-18,25,31H,3,13-16,19H2,1-2H3,(H3,32,33). The second-order valence-corrected chi connectivity index (χ2v) is 9.70. The highest BCUT2D eigenvalue weighted by molar-refractivity contribution is 5.96. The number of aryl methyl sites for hydroxylation is 1. The summed E-state index contributed by atoms with van der Waals surface area (Å²) in [5, 5.41) is 15.5. The lowest BCUT2D eigenvalue weighted by Crippen LogP contribution is -2.40. The van der Waals surface area contributed by atoms with Crippen LogP contribution in [0.3, 0.4) is 0 Å². The first-order valence-electron chi connectivity index (χ1n) is 12.9. The van der Waals surface area contributed by atoms with E-state index in [0.29, 0.717) is 5.84 Å². The molecule has 0 saturated carbocycles. The molecule has 0 atom stereocenters. The number of benzene rings is 3. The summed E-state index contributed by atoms with van der Waals surface area (Å²) in [7, 11) is 0. The fraction of sp³-hybridized carbons (Fsp3) is 0.300. The molecule has 7 heteroatoms. The van der Waals surface area contributed by atoms with Crippen LogP contribution < -0.4 is 10.5 Å². The number of imidazole rings is 1. The van der Waals surface area contributed by atoms with Gasteiger partial charge in [0.1, 0.15) is 23.5 Å². The number of amidine groups is 2. The van der Waals surface area contributed by atoms with Crippen molar-refractivity contribution in [1.82, 2.24) is 14.5 Å². The van der Waals surface area contributed by atoms with E-state index in [1.165, 1.54) is 5.56 Å². The van der Waals surface area contributed by atoms with Gasteiger partial charge in [0, 0.05) is 50.5 Å². The molecule has 37 heavy (non-hydrogen) atoms. The van der Waals surface area contributed by atoms with Gasteiger partial charge in [-0.05, 0) is 41.8 Å². The number of likely N-dealkylation sites (tertiary alicyclic amines) is 1. The maximum absolute atomic E-state index is 7.84. The van der Waals surface area contributed by atoms with Crippen LogP contribution in [0.25, 0.3) is 22.2 Å². The normalized spacial score (nSPS) is 14.2. The number of nitrogens with one attached hydrogen (secondary N) is 2. The van der Waals surface area contributed by atoms with Crippen LogP contribution in [0.15, 0.2) is 66.7 Å². The van der Waals surface area contributed by atoms with Crippen LogP contribution in [-0.4, -0.2) is 45.3 Å². The molecule has 190 valence electrons. The first kappa shape index (κ1) is 24.6. The highest BCUT2D eigenvalue weighted by Crippen LogP contribution is 2.27. The van der Waals surface area contributed by atoms with Crippen molar-refractivity contribution < 1.29 is 4.74 Å². The Bertz CT molecular complexity index is 1430. The average Bonchev–Trinajstić information content (AvgIpc) is 3.26. The zero-order valence-electron chi connectivity index (χ0n) is 21.5. The number of nitrogens with zero attached hydrogens (tertiary/aromatic N) is 3. The minimum absolute atomic E-state index is 0.0767. The van der Waals surface area contributed by atoms with Crippen molar-refractivity contribution in [1.29, 1.82) is 10.8 Å². The third kappa shape index (κ3) is 5.35. The summed E-state index contributed by atoms with van der Waals surface area (Å²) < 4.78 is 8.65. The number of hydrogen-bond donors (Lipinski definition) is 3. The summed E-state index contributed by atoms with van der Waals surface area (Å²) in [6, 6.07) is 22.5. The van der Waals surface area contributed by atoms with E-state index in [2.05, 4.69) is 52.8 Å². The molecular formula is C30H34N6O. The predicted octanol–water partition coefficient (Wildman–Crippen LogP) is 5.44. The van der Waals surface area contributed by atoms with Gasteiger partial charge in [0.15, 0.2) is 0 Å². The van der Waals surface area contributed by atoms with Gasteiger partial charge in [0.2, 0.25) is 0 Å². The Morgan fingerprint density at radius 2 is 1.76 bits per heavy atom. The van der Waals surface area contributed by atoms with E-state index in [4.69, 9.17) is 26.3 Å². The number of ether oxygens (including phenoxy) is 1. The number of piperidine rings is 1. The lowest BCUT2D eigenvalue weighted by atomic mass is 10.0. The molecule has 0 unspecified atom stereocenters. The molecule has 7 nitrogen and oxygen atoms in total. The van der Waals surface area contributed by atoms with E-state index < -0.39 is 0 Å². The van der Waals surface area contributed by atoms with Crippen LogP contribution >= 0.6 is 0 Å². The van der Waals surface area contributed by atoms with Gasteiger partial charge in [-0.25, -0.2) is 4.98 Å². The molecule has 4 aromatic rings. The zero-order chi connectivity index (χ0) is 25.9. The molecule has 3 aromatic carbocycles. The lowest BCUT2D eigenvalue weighted by molar-refractivity contribution is 0.130. The van der Waals surface area contributed by atoms with E-state index in [9.17, 15) is 0 Å². The van der Waals surface area contributed by atoms with Gasteiger partial charge in [-0.3, -0.25) is 10.8 Å². The summed E-state index contributed by atoms with van der Waals surface area (Å²) in [5.74, 6) is 2.64. The number of nitrogens with two attached hydrogens (primary N) is 1. The first-order chi connectivity index (χ1) is 17.9. The fourth-order valence-corrected chi connectivity index (χ4v) is 5.03. The van der Waals surface area contributed by atoms with Crippen LogP contribution in [-0.2, 0) is 13.0 Å². The molecule has 0 bridgehead atoms. The Labute approximate surface area is 217 Å². The molecule has 2 heterocycles. The second kappa shape index (κ2) is 10.5. The fourth-order valence-electron chi connectivity index (χ4n) is 5.03. The molecular weight excluding hydrogens is 460 g/mol. The van der Waals surface area contributed by atoms with Crippen molar-refractivity contribution in [3.05, 3.63) is 83.7 Å². The Morgan fingerprint density at radius 1 is 1.00 bits per heavy atom. The molecule has 1 saturated heterocycles. The van der Waals surface area contributed by atoms with Crippen LogP contribution in [0.5, 0.6) is 5.75 Å². The molecule has 0 spiro atoms. The number of aromatic nitrogens is 2. The Morgan fingerprint density at radius 3 is 2.43 bits per heavy atom. The summed E-state index contributed by atoms with van der Waals surface area (Å²) in [4.78, 5) is 6.99. The van der Waals surface area contributed by atoms with Gasteiger partial charge in [0.25, 0.3) is 0 Å². The molecule has 1 aliphatic rings. The number of nitrogen functional groups attached to an aromatic ring is 1. The molecule has 1 aromatic heterocycles. The maximum atomic E-state index is 7.84. The number of fused-ring (bicyclic) bond motifs is 1. The minimum Gasteiger partial charge on any atom is -0.490 e. The predicted molar refractivity (Wildman–Crippen MR) is 150 cm³/mol. The summed E-state index contributed by atoms with van der Waals surface area (Å²) in [6.07, 6.45) is 2.87. The molecule has 0 radical (unpaired) electrons. The third-order valence-corrected chi connectivity index (χ3v) is 7.14. The topological polar surface area (TPSA) is 104 Å². The Kier molecular flexibility index (Phi) is 6.95. The first-order valence-corrected chi connectivity index (χ1v) is 12.9. The van der Waals surface area contributed by atoms with E-state index in [0.717, 1.165) is 78.2 Å². The highest BCUT2D eigenvalue weighted by atomic mass is 16.5. The van der Waals surface area contributed by atoms with Gasteiger partial charge < -0.3 is 19.9 Å². The molecule has 5 rings (SSSR count). The van der Waals surface area contributed by atoms with Crippen LogP contribution in [0, 0.1) is 10.8 Å². The summed E-state index contributed by atoms with van der Waals surface area (Å²) in [6.45, 7) is 6.46.